The predicted octanol–water partition coefficient (Wildman–Crippen LogP) is 7.48. The van der Waals surface area contributed by atoms with Crippen molar-refractivity contribution >= 4 is 27.6 Å². The van der Waals surface area contributed by atoms with Crippen LogP contribution in [0.4, 0.5) is 14.5 Å². The summed E-state index contributed by atoms with van der Waals surface area (Å²) in [4.78, 5) is 16.7. The number of allylic oxidation sites excluding steroid dienone is 1. The molecule has 0 aliphatic heterocycles. The van der Waals surface area contributed by atoms with E-state index in [1.807, 2.05) is 18.2 Å². The van der Waals surface area contributed by atoms with Crippen molar-refractivity contribution in [3.05, 3.63) is 91.0 Å². The van der Waals surface area contributed by atoms with Crippen molar-refractivity contribution in [3.8, 4) is 33.9 Å². The molecule has 0 spiro atoms. The van der Waals surface area contributed by atoms with Crippen LogP contribution in [0.15, 0.2) is 79.4 Å². The molecule has 0 saturated carbocycles. The molecule has 0 fully saturated rings. The van der Waals surface area contributed by atoms with E-state index in [9.17, 15) is 4.39 Å². The second kappa shape index (κ2) is 9.13. The van der Waals surface area contributed by atoms with Gasteiger partial charge in [-0.05, 0) is 29.8 Å². The van der Waals surface area contributed by atoms with E-state index < -0.39 is 5.82 Å². The number of aromatic amines is 2. The van der Waals surface area contributed by atoms with Crippen LogP contribution < -0.4 is 5.32 Å². The molecule has 0 radical (unpaired) electrons. The number of fused-ring (bicyclic) bond motifs is 2. The fourth-order valence-corrected chi connectivity index (χ4v) is 4.35. The molecule has 4 heterocycles. The van der Waals surface area contributed by atoms with E-state index in [0.717, 1.165) is 22.3 Å². The molecule has 0 aliphatic rings. The van der Waals surface area contributed by atoms with Gasteiger partial charge in [-0.25, -0.2) is 13.8 Å². The minimum atomic E-state index is -0.538. The largest absolute Gasteiger partial charge is 0.358 e. The van der Waals surface area contributed by atoms with Gasteiger partial charge in [-0.3, -0.25) is 15.1 Å². The van der Waals surface area contributed by atoms with E-state index >= 15 is 4.39 Å². The normalized spacial score (nSPS) is 11.8. The minimum Gasteiger partial charge on any atom is -0.358 e. The van der Waals surface area contributed by atoms with Gasteiger partial charge in [-0.2, -0.15) is 5.10 Å². The maximum atomic E-state index is 16.1. The molecule has 9 heteroatoms. The van der Waals surface area contributed by atoms with Crippen molar-refractivity contribution in [3.63, 3.8) is 0 Å². The Morgan fingerprint density at radius 3 is 2.49 bits per heavy atom. The number of H-pyrrole nitrogens is 2. The Balaban J connectivity index is 1.43. The van der Waals surface area contributed by atoms with Gasteiger partial charge in [0.15, 0.2) is 11.6 Å². The van der Waals surface area contributed by atoms with E-state index in [1.54, 1.807) is 36.8 Å². The van der Waals surface area contributed by atoms with Gasteiger partial charge < -0.3 is 10.3 Å². The molecule has 0 aliphatic carbocycles. The van der Waals surface area contributed by atoms with Gasteiger partial charge in [0.2, 0.25) is 0 Å². The van der Waals surface area contributed by atoms with Crippen LogP contribution in [-0.4, -0.2) is 30.1 Å². The van der Waals surface area contributed by atoms with E-state index in [0.29, 0.717) is 33.8 Å². The third kappa shape index (κ3) is 4.41. The lowest BCUT2D eigenvalue weighted by molar-refractivity contribution is 0.509. The first-order valence-corrected chi connectivity index (χ1v) is 12.4. The number of imidazole rings is 1. The number of anilines is 1. The van der Waals surface area contributed by atoms with Gasteiger partial charge >= 0.3 is 0 Å². The smallest absolute Gasteiger partial charge is 0.161 e. The fourth-order valence-electron chi connectivity index (χ4n) is 4.35. The average Bonchev–Trinajstić information content (AvgIpc) is 3.54. The number of pyridine rings is 2. The van der Waals surface area contributed by atoms with Crippen LogP contribution in [0.5, 0.6) is 0 Å². The van der Waals surface area contributed by atoms with Crippen LogP contribution >= 0.6 is 0 Å². The van der Waals surface area contributed by atoms with Crippen LogP contribution in [0, 0.1) is 17.0 Å². The number of benzene rings is 2. The van der Waals surface area contributed by atoms with Crippen molar-refractivity contribution in [1.29, 1.82) is 0 Å². The highest BCUT2D eigenvalue weighted by Crippen LogP contribution is 2.35. The quantitative estimate of drug-likeness (QED) is 0.219. The van der Waals surface area contributed by atoms with Gasteiger partial charge in [0.25, 0.3) is 0 Å². The highest BCUT2D eigenvalue weighted by molar-refractivity contribution is 5.98. The first kappa shape index (κ1) is 24.4. The number of nitrogens with one attached hydrogen (secondary N) is 3. The summed E-state index contributed by atoms with van der Waals surface area (Å²) in [5, 5.41) is 10.7. The molecule has 2 aromatic carbocycles. The average molecular weight is 522 g/mol. The topological polar surface area (TPSA) is 95.2 Å². The van der Waals surface area contributed by atoms with Gasteiger partial charge in [-0.15, -0.1) is 0 Å². The zero-order chi connectivity index (χ0) is 27.3. The molecule has 3 N–H and O–H groups in total. The summed E-state index contributed by atoms with van der Waals surface area (Å²) in [5.74, 6) is -0.451. The second-order valence-electron chi connectivity index (χ2n) is 10.4. The zero-order valence-corrected chi connectivity index (χ0v) is 21.6. The number of aromatic nitrogens is 6. The zero-order valence-electron chi connectivity index (χ0n) is 21.6. The number of halogens is 2. The maximum absolute atomic E-state index is 16.1. The van der Waals surface area contributed by atoms with Gasteiger partial charge in [0.1, 0.15) is 17.2 Å². The first-order chi connectivity index (χ1) is 18.7. The Hall–Kier alpha value is -4.92. The maximum Gasteiger partial charge on any atom is 0.161 e. The number of para-hydroxylation sites is 1. The van der Waals surface area contributed by atoms with Crippen LogP contribution in [0.3, 0.4) is 0 Å². The fraction of sp³-hybridized carbons (Fsp3) is 0.133. The molecular weight excluding hydrogens is 496 g/mol. The summed E-state index contributed by atoms with van der Waals surface area (Å²) >= 11 is 0. The summed E-state index contributed by atoms with van der Waals surface area (Å²) in [7, 11) is 0. The van der Waals surface area contributed by atoms with Crippen molar-refractivity contribution in [2.75, 3.05) is 5.32 Å². The summed E-state index contributed by atoms with van der Waals surface area (Å²) < 4.78 is 29.6. The standard InChI is InChI=1S/C30H25F2N7/c1-16(30(2,3)4)35-20-12-18(13-33-14-20)26-25(32)24-23(15-34-26)38-39-28(24)29-36-22-7-5-6-21(27(22)37-29)17-8-10-19(31)11-9-17/h5-15,35H,1H2,2-4H3,(H,36,37)(H,38,39). The Morgan fingerprint density at radius 1 is 0.923 bits per heavy atom. The lowest BCUT2D eigenvalue weighted by Gasteiger charge is -2.23. The lowest BCUT2D eigenvalue weighted by atomic mass is 9.93. The summed E-state index contributed by atoms with van der Waals surface area (Å²) in [6.07, 6.45) is 4.77. The molecule has 0 bridgehead atoms. The van der Waals surface area contributed by atoms with E-state index in [-0.39, 0.29) is 22.3 Å². The number of hydrogen-bond donors (Lipinski definition) is 3. The van der Waals surface area contributed by atoms with Crippen LogP contribution in [0.2, 0.25) is 0 Å². The summed E-state index contributed by atoms with van der Waals surface area (Å²) in [6, 6.07) is 13.7. The molecule has 0 unspecified atom stereocenters. The Bertz CT molecular complexity index is 1860. The summed E-state index contributed by atoms with van der Waals surface area (Å²) in [6.45, 7) is 10.3. The van der Waals surface area contributed by atoms with Crippen molar-refractivity contribution in [2.45, 2.75) is 20.8 Å². The Morgan fingerprint density at radius 2 is 1.72 bits per heavy atom. The van der Waals surface area contributed by atoms with Crippen molar-refractivity contribution in [2.24, 2.45) is 5.41 Å². The molecule has 7 nitrogen and oxygen atoms in total. The monoisotopic (exact) mass is 521 g/mol. The number of hydrogen-bond acceptors (Lipinski definition) is 5. The van der Waals surface area contributed by atoms with E-state index in [1.165, 1.54) is 12.1 Å². The minimum absolute atomic E-state index is 0.144. The highest BCUT2D eigenvalue weighted by Gasteiger charge is 2.22. The van der Waals surface area contributed by atoms with E-state index in [4.69, 9.17) is 4.98 Å². The van der Waals surface area contributed by atoms with Crippen molar-refractivity contribution < 1.29 is 8.78 Å². The Kier molecular flexibility index (Phi) is 5.71. The molecule has 6 aromatic rings. The van der Waals surface area contributed by atoms with Crippen LogP contribution in [0.25, 0.3) is 55.8 Å². The SMILES string of the molecule is C=C(Nc1cncc(-c2ncc3[nH]nc(-c4nc5c(-c6ccc(F)cc6)cccc5[nH]4)c3c2F)c1)C(C)(C)C. The first-order valence-electron chi connectivity index (χ1n) is 12.4. The van der Waals surface area contributed by atoms with E-state index in [2.05, 4.69) is 57.8 Å². The van der Waals surface area contributed by atoms with Crippen molar-refractivity contribution in [1.82, 2.24) is 30.1 Å². The third-order valence-electron chi connectivity index (χ3n) is 6.65. The second-order valence-corrected chi connectivity index (χ2v) is 10.4. The predicted molar refractivity (Wildman–Crippen MR) is 150 cm³/mol. The third-order valence-corrected chi connectivity index (χ3v) is 6.65. The molecule has 6 rings (SSSR count). The molecule has 0 saturated heterocycles. The van der Waals surface area contributed by atoms with Gasteiger partial charge in [0.05, 0.1) is 40.0 Å². The molecule has 0 atom stereocenters. The summed E-state index contributed by atoms with van der Waals surface area (Å²) in [5.41, 5.74) is 5.83. The molecule has 39 heavy (non-hydrogen) atoms. The molecular formula is C30H25F2N7. The molecule has 194 valence electrons. The highest BCUT2D eigenvalue weighted by atomic mass is 19.1. The number of rotatable bonds is 5. The number of nitrogens with zero attached hydrogens (tertiary/aromatic N) is 4. The molecule has 0 amide bonds. The van der Waals surface area contributed by atoms with Gasteiger partial charge in [-0.1, -0.05) is 51.6 Å². The lowest BCUT2D eigenvalue weighted by Crippen LogP contribution is -2.15. The van der Waals surface area contributed by atoms with Crippen LogP contribution in [-0.2, 0) is 0 Å². The van der Waals surface area contributed by atoms with Crippen LogP contribution in [0.1, 0.15) is 20.8 Å². The van der Waals surface area contributed by atoms with Gasteiger partial charge in [0, 0.05) is 28.4 Å². The Labute approximate surface area is 223 Å². The molecule has 4 aromatic heterocycles.